The van der Waals surface area contributed by atoms with Gasteiger partial charge in [0.2, 0.25) is 5.91 Å². The summed E-state index contributed by atoms with van der Waals surface area (Å²) in [4.78, 5) is 33.1. The van der Waals surface area contributed by atoms with E-state index in [9.17, 15) is 9.59 Å². The highest BCUT2D eigenvalue weighted by Gasteiger charge is 2.58. The van der Waals surface area contributed by atoms with Crippen molar-refractivity contribution in [1.82, 2.24) is 9.96 Å². The molecule has 0 aromatic heterocycles. The number of carbonyl (C=O) groups is 2. The van der Waals surface area contributed by atoms with E-state index in [1.165, 1.54) is 12.2 Å². The van der Waals surface area contributed by atoms with Crippen LogP contribution in [0.15, 0.2) is 30.9 Å². The molecule has 3 rings (SSSR count). The number of benzene rings is 1. The first kappa shape index (κ1) is 23.1. The Balaban J connectivity index is 1.73. The van der Waals surface area contributed by atoms with Crippen LogP contribution in [0.4, 0.5) is 0 Å². The largest absolute Gasteiger partial charge is 0.493 e. The lowest BCUT2D eigenvalue weighted by atomic mass is 9.77. The number of amides is 1. The Labute approximate surface area is 183 Å². The molecule has 0 bridgehead atoms. The molecule has 31 heavy (non-hydrogen) atoms. The topological polar surface area (TPSA) is 77.5 Å². The van der Waals surface area contributed by atoms with Crippen LogP contribution in [0.5, 0.6) is 11.5 Å². The molecule has 2 saturated heterocycles. The Morgan fingerprint density at radius 3 is 2.61 bits per heavy atom. The van der Waals surface area contributed by atoms with E-state index in [1.807, 2.05) is 25.1 Å². The van der Waals surface area contributed by atoms with E-state index in [4.69, 9.17) is 19.0 Å². The first-order valence-corrected chi connectivity index (χ1v) is 10.7. The Bertz CT molecular complexity index is 803. The van der Waals surface area contributed by atoms with Crippen LogP contribution in [0, 0.1) is 5.92 Å². The fraction of sp³-hybridized carbons (Fsp3) is 0.565. The molecule has 0 N–H and O–H groups in total. The molecule has 2 aliphatic heterocycles. The molecule has 2 heterocycles. The maximum absolute atomic E-state index is 12.6. The summed E-state index contributed by atoms with van der Waals surface area (Å²) >= 11 is 0. The van der Waals surface area contributed by atoms with Crippen molar-refractivity contribution in [2.75, 3.05) is 40.5 Å². The van der Waals surface area contributed by atoms with Crippen molar-refractivity contribution in [3.05, 3.63) is 36.4 Å². The summed E-state index contributed by atoms with van der Waals surface area (Å²) in [5.74, 6) is 0.378. The normalized spacial score (nSPS) is 20.7. The lowest BCUT2D eigenvalue weighted by Gasteiger charge is -2.45. The van der Waals surface area contributed by atoms with Crippen molar-refractivity contribution >= 4 is 11.9 Å². The van der Waals surface area contributed by atoms with Crippen LogP contribution in [0.1, 0.15) is 31.7 Å². The van der Waals surface area contributed by atoms with Crippen LogP contribution >= 0.6 is 0 Å². The Morgan fingerprint density at radius 1 is 1.26 bits per heavy atom. The number of carbonyl (C=O) groups excluding carboxylic acids is 2. The predicted molar refractivity (Wildman–Crippen MR) is 115 cm³/mol. The molecule has 170 valence electrons. The molecule has 1 unspecified atom stereocenters. The number of ether oxygens (including phenoxy) is 3. The zero-order valence-electron chi connectivity index (χ0n) is 18.6. The number of hydroxylamine groups is 2. The molecule has 0 aliphatic carbocycles. The summed E-state index contributed by atoms with van der Waals surface area (Å²) in [5, 5.41) is 1.42. The van der Waals surface area contributed by atoms with Crippen molar-refractivity contribution in [2.45, 2.75) is 38.3 Å². The fourth-order valence-corrected chi connectivity index (χ4v) is 4.61. The number of methoxy groups -OCH3 is 2. The van der Waals surface area contributed by atoms with Crippen LogP contribution in [-0.2, 0) is 25.7 Å². The maximum atomic E-state index is 12.6. The second kappa shape index (κ2) is 10.2. The van der Waals surface area contributed by atoms with Gasteiger partial charge in [0.05, 0.1) is 38.9 Å². The average Bonchev–Trinajstić information content (AvgIpc) is 3.05. The van der Waals surface area contributed by atoms with Gasteiger partial charge in [-0.3, -0.25) is 19.3 Å². The number of nitrogens with zero attached hydrogens (tertiary/aromatic N) is 2. The molecular formula is C23H32N2O6. The first-order chi connectivity index (χ1) is 15.0. The molecule has 0 radical (unpaired) electrons. The Hall–Kier alpha value is -2.58. The van der Waals surface area contributed by atoms with Gasteiger partial charge in [0.1, 0.15) is 0 Å². The van der Waals surface area contributed by atoms with Gasteiger partial charge in [-0.1, -0.05) is 12.1 Å². The van der Waals surface area contributed by atoms with Crippen molar-refractivity contribution in [3.63, 3.8) is 0 Å². The third-order valence-electron chi connectivity index (χ3n) is 6.12. The lowest BCUT2D eigenvalue weighted by molar-refractivity contribution is -0.218. The molecular weight excluding hydrogens is 400 g/mol. The van der Waals surface area contributed by atoms with Gasteiger partial charge in [0, 0.05) is 26.1 Å². The molecule has 1 aromatic rings. The monoisotopic (exact) mass is 432 g/mol. The van der Waals surface area contributed by atoms with E-state index in [-0.39, 0.29) is 24.9 Å². The SMILES string of the molecule is C=CCON1C(=O)CC(C(=O)OC)C12CCN(Cc1ccc(OC)c(OCC)c1)CC2. The number of hydrogen-bond acceptors (Lipinski definition) is 7. The van der Waals surface area contributed by atoms with Crippen LogP contribution in [-0.4, -0.2) is 67.9 Å². The number of likely N-dealkylation sites (tertiary alicyclic amines) is 1. The van der Waals surface area contributed by atoms with Crippen molar-refractivity contribution in [1.29, 1.82) is 0 Å². The summed E-state index contributed by atoms with van der Waals surface area (Å²) in [6.45, 7) is 8.58. The van der Waals surface area contributed by atoms with Gasteiger partial charge in [-0.2, -0.15) is 0 Å². The quantitative estimate of drug-likeness (QED) is 0.438. The molecule has 8 nitrogen and oxygen atoms in total. The second-order valence-electron chi connectivity index (χ2n) is 7.85. The number of hydrogen-bond donors (Lipinski definition) is 0. The van der Waals surface area contributed by atoms with Crippen LogP contribution in [0.3, 0.4) is 0 Å². The number of piperidine rings is 1. The fourth-order valence-electron chi connectivity index (χ4n) is 4.61. The highest BCUT2D eigenvalue weighted by Crippen LogP contribution is 2.44. The molecule has 1 spiro atoms. The minimum Gasteiger partial charge on any atom is -0.493 e. The van der Waals surface area contributed by atoms with Gasteiger partial charge in [-0.25, -0.2) is 5.06 Å². The maximum Gasteiger partial charge on any atom is 0.311 e. The van der Waals surface area contributed by atoms with Gasteiger partial charge in [-0.05, 0) is 37.5 Å². The summed E-state index contributed by atoms with van der Waals surface area (Å²) in [5.41, 5.74) is 0.437. The number of esters is 1. The van der Waals surface area contributed by atoms with Crippen LogP contribution in [0.25, 0.3) is 0 Å². The Kier molecular flexibility index (Phi) is 7.56. The predicted octanol–water partition coefficient (Wildman–Crippen LogP) is 2.57. The highest BCUT2D eigenvalue weighted by atomic mass is 16.7. The molecule has 1 amide bonds. The van der Waals surface area contributed by atoms with E-state index in [1.54, 1.807) is 13.2 Å². The summed E-state index contributed by atoms with van der Waals surface area (Å²) in [7, 11) is 2.99. The van der Waals surface area contributed by atoms with Crippen molar-refractivity contribution < 1.29 is 28.6 Å². The van der Waals surface area contributed by atoms with Crippen LogP contribution < -0.4 is 9.47 Å². The van der Waals surface area contributed by atoms with E-state index in [2.05, 4.69) is 11.5 Å². The molecule has 0 saturated carbocycles. The smallest absolute Gasteiger partial charge is 0.311 e. The van der Waals surface area contributed by atoms with Crippen LogP contribution in [0.2, 0.25) is 0 Å². The molecule has 2 fully saturated rings. The third-order valence-corrected chi connectivity index (χ3v) is 6.12. The lowest BCUT2D eigenvalue weighted by Crippen LogP contribution is -2.57. The number of rotatable bonds is 9. The van der Waals surface area contributed by atoms with Crippen molar-refractivity contribution in [2.24, 2.45) is 5.92 Å². The van der Waals surface area contributed by atoms with Gasteiger partial charge >= 0.3 is 5.97 Å². The van der Waals surface area contributed by atoms with Gasteiger partial charge in [0.25, 0.3) is 0 Å². The van der Waals surface area contributed by atoms with E-state index >= 15 is 0 Å². The molecule has 1 atom stereocenters. The van der Waals surface area contributed by atoms with Crippen molar-refractivity contribution in [3.8, 4) is 11.5 Å². The molecule has 8 heteroatoms. The standard InChI is InChI=1S/C23H32N2O6/c1-5-13-31-25-21(26)15-18(22(27)29-4)23(25)9-11-24(12-10-23)16-17-7-8-19(28-3)20(14-17)30-6-2/h5,7-8,14,18H,1,6,9-13,15-16H2,2-4H3. The highest BCUT2D eigenvalue weighted by molar-refractivity contribution is 5.88. The van der Waals surface area contributed by atoms with E-state index in [0.29, 0.717) is 25.2 Å². The van der Waals surface area contributed by atoms with E-state index in [0.717, 1.165) is 30.9 Å². The first-order valence-electron chi connectivity index (χ1n) is 10.7. The minimum atomic E-state index is -0.680. The zero-order valence-corrected chi connectivity index (χ0v) is 18.6. The Morgan fingerprint density at radius 2 is 2.00 bits per heavy atom. The van der Waals surface area contributed by atoms with Gasteiger partial charge in [-0.15, -0.1) is 6.58 Å². The van der Waals surface area contributed by atoms with Gasteiger partial charge < -0.3 is 14.2 Å². The third kappa shape index (κ3) is 4.70. The molecule has 2 aliphatic rings. The summed E-state index contributed by atoms with van der Waals surface area (Å²) in [6, 6.07) is 5.95. The average molecular weight is 433 g/mol. The summed E-state index contributed by atoms with van der Waals surface area (Å²) in [6.07, 6.45) is 2.97. The van der Waals surface area contributed by atoms with E-state index < -0.39 is 11.5 Å². The summed E-state index contributed by atoms with van der Waals surface area (Å²) < 4.78 is 16.1. The minimum absolute atomic E-state index is 0.111. The zero-order chi connectivity index (χ0) is 22.4. The molecule has 1 aromatic carbocycles. The second-order valence-corrected chi connectivity index (χ2v) is 7.85. The van der Waals surface area contributed by atoms with Gasteiger partial charge in [0.15, 0.2) is 11.5 Å².